The van der Waals surface area contributed by atoms with E-state index in [2.05, 4.69) is 19.9 Å². The third-order valence-electron chi connectivity index (χ3n) is 5.12. The van der Waals surface area contributed by atoms with Gasteiger partial charge < -0.3 is 24.3 Å². The van der Waals surface area contributed by atoms with Gasteiger partial charge in [0.05, 0.1) is 39.0 Å². The largest absolute Gasteiger partial charge is 0.493 e. The summed E-state index contributed by atoms with van der Waals surface area (Å²) in [5, 5.41) is 2.88. The number of morpholine rings is 1. The van der Waals surface area contributed by atoms with Crippen molar-refractivity contribution in [2.24, 2.45) is 0 Å². The van der Waals surface area contributed by atoms with Gasteiger partial charge in [0, 0.05) is 31.9 Å². The van der Waals surface area contributed by atoms with Crippen molar-refractivity contribution < 1.29 is 36.9 Å². The number of carbonyl (C=O) groups is 1. The minimum absolute atomic E-state index is 0.153. The average molecular weight is 469 g/mol. The molecule has 0 bridgehead atoms. The molecule has 1 amide bonds. The maximum absolute atomic E-state index is 12.7. The van der Waals surface area contributed by atoms with Crippen molar-refractivity contribution in [1.29, 1.82) is 0 Å². The second-order valence-electron chi connectivity index (χ2n) is 7.28. The number of nitrogens with zero attached hydrogens (tertiary/aromatic N) is 2. The maximum Gasteiger partial charge on any atom is 0.422 e. The summed E-state index contributed by atoms with van der Waals surface area (Å²) in [6.07, 6.45) is -3.28. The Morgan fingerprint density at radius 1 is 1.15 bits per heavy atom. The van der Waals surface area contributed by atoms with Gasteiger partial charge in [-0.2, -0.15) is 13.2 Å². The molecule has 2 heterocycles. The van der Waals surface area contributed by atoms with E-state index in [1.807, 2.05) is 18.2 Å². The van der Waals surface area contributed by atoms with Crippen LogP contribution in [0.25, 0.3) is 0 Å². The Kier molecular flexibility index (Phi) is 8.34. The predicted molar refractivity (Wildman–Crippen MR) is 113 cm³/mol. The molecule has 2 aromatic rings. The van der Waals surface area contributed by atoms with Crippen molar-refractivity contribution in [3.63, 3.8) is 0 Å². The monoisotopic (exact) mass is 469 g/mol. The third kappa shape index (κ3) is 6.96. The number of nitrogens with one attached hydrogen (secondary N) is 1. The van der Waals surface area contributed by atoms with Crippen LogP contribution in [0.4, 0.5) is 13.2 Å². The molecule has 0 saturated carbocycles. The molecule has 180 valence electrons. The minimum Gasteiger partial charge on any atom is -0.493 e. The fourth-order valence-electron chi connectivity index (χ4n) is 3.45. The number of halogens is 3. The van der Waals surface area contributed by atoms with Gasteiger partial charge >= 0.3 is 6.18 Å². The number of alkyl halides is 3. The highest BCUT2D eigenvalue weighted by Crippen LogP contribution is 2.32. The Bertz CT molecular complexity index is 918. The molecule has 8 nitrogen and oxygen atoms in total. The highest BCUT2D eigenvalue weighted by molar-refractivity contribution is 5.93. The number of methoxy groups -OCH3 is 2. The van der Waals surface area contributed by atoms with Crippen LogP contribution in [0.1, 0.15) is 22.0 Å². The Labute approximate surface area is 189 Å². The van der Waals surface area contributed by atoms with Crippen molar-refractivity contribution in [1.82, 2.24) is 15.2 Å². The number of aromatic nitrogens is 1. The van der Waals surface area contributed by atoms with Crippen molar-refractivity contribution in [2.45, 2.75) is 12.2 Å². The quantitative estimate of drug-likeness (QED) is 0.605. The first-order valence-corrected chi connectivity index (χ1v) is 10.3. The van der Waals surface area contributed by atoms with Gasteiger partial charge in [-0.05, 0) is 23.8 Å². The highest BCUT2D eigenvalue weighted by atomic mass is 19.4. The molecular formula is C22H26F3N3O5. The van der Waals surface area contributed by atoms with E-state index in [0.717, 1.165) is 5.56 Å². The van der Waals surface area contributed by atoms with Gasteiger partial charge in [0.15, 0.2) is 18.1 Å². The molecule has 1 N–H and O–H groups in total. The zero-order valence-corrected chi connectivity index (χ0v) is 18.4. The topological polar surface area (TPSA) is 82.2 Å². The summed E-state index contributed by atoms with van der Waals surface area (Å²) in [5.41, 5.74) is 1.14. The van der Waals surface area contributed by atoms with Gasteiger partial charge in [-0.15, -0.1) is 0 Å². The number of hydrogen-bond acceptors (Lipinski definition) is 7. The number of ether oxygens (including phenoxy) is 4. The summed E-state index contributed by atoms with van der Waals surface area (Å²) in [4.78, 5) is 18.6. The molecule has 1 aromatic heterocycles. The summed E-state index contributed by atoms with van der Waals surface area (Å²) < 4.78 is 57.5. The smallest absolute Gasteiger partial charge is 0.422 e. The van der Waals surface area contributed by atoms with Crippen LogP contribution in [-0.2, 0) is 4.74 Å². The molecular weight excluding hydrogens is 443 g/mol. The van der Waals surface area contributed by atoms with Crippen LogP contribution in [0.15, 0.2) is 36.5 Å². The van der Waals surface area contributed by atoms with Gasteiger partial charge in [-0.3, -0.25) is 9.69 Å². The molecule has 0 spiro atoms. The van der Waals surface area contributed by atoms with Crippen LogP contribution in [0, 0.1) is 0 Å². The van der Waals surface area contributed by atoms with Crippen LogP contribution in [0.3, 0.4) is 0 Å². The zero-order chi connectivity index (χ0) is 23.8. The normalized spacial score (nSPS) is 15.5. The first-order chi connectivity index (χ1) is 15.8. The van der Waals surface area contributed by atoms with E-state index < -0.39 is 18.7 Å². The molecule has 1 atom stereocenters. The molecule has 1 saturated heterocycles. The summed E-state index contributed by atoms with van der Waals surface area (Å²) >= 11 is 0. The standard InChI is InChI=1S/C22H26F3N3O5/c1-30-18-5-3-15(11-19(18)31-2)17(28-7-9-32-10-8-28)13-27-21(29)16-4-6-20(26-12-16)33-14-22(23,24)25/h3-6,11-12,17H,7-10,13-14H2,1-2H3,(H,27,29). The average Bonchev–Trinajstić information content (AvgIpc) is 2.83. The number of rotatable bonds is 9. The van der Waals surface area contributed by atoms with Crippen LogP contribution < -0.4 is 19.5 Å². The number of benzene rings is 1. The summed E-state index contributed by atoms with van der Waals surface area (Å²) in [5.74, 6) is 0.576. The van der Waals surface area contributed by atoms with Gasteiger partial charge in [0.1, 0.15) is 0 Å². The van der Waals surface area contributed by atoms with Gasteiger partial charge in [0.25, 0.3) is 5.91 Å². The Hall–Kier alpha value is -3.05. The highest BCUT2D eigenvalue weighted by Gasteiger charge is 2.29. The fourth-order valence-corrected chi connectivity index (χ4v) is 3.45. The van der Waals surface area contributed by atoms with Crippen molar-refractivity contribution in [3.05, 3.63) is 47.7 Å². The fraction of sp³-hybridized carbons (Fsp3) is 0.455. The zero-order valence-electron chi connectivity index (χ0n) is 18.4. The van der Waals surface area contributed by atoms with E-state index in [4.69, 9.17) is 14.2 Å². The SMILES string of the molecule is COc1ccc(C(CNC(=O)c2ccc(OCC(F)(F)F)nc2)N2CCOCC2)cc1OC. The summed E-state index contributed by atoms with van der Waals surface area (Å²) in [6, 6.07) is 8.05. The molecule has 1 aliphatic heterocycles. The lowest BCUT2D eigenvalue weighted by atomic mass is 10.0. The van der Waals surface area contributed by atoms with E-state index in [-0.39, 0.29) is 17.5 Å². The van der Waals surface area contributed by atoms with Gasteiger partial charge in [-0.1, -0.05) is 6.07 Å². The van der Waals surface area contributed by atoms with Crippen LogP contribution in [-0.4, -0.2) is 75.6 Å². The predicted octanol–water partition coefficient (Wildman–Crippen LogP) is 2.84. The van der Waals surface area contributed by atoms with Crippen molar-refractivity contribution in [2.75, 3.05) is 53.7 Å². The molecule has 11 heteroatoms. The molecule has 1 aliphatic rings. The molecule has 0 aliphatic carbocycles. The van der Waals surface area contributed by atoms with E-state index >= 15 is 0 Å². The summed E-state index contributed by atoms with van der Waals surface area (Å²) in [6.45, 7) is 1.41. The molecule has 3 rings (SSSR count). The molecule has 1 fully saturated rings. The van der Waals surface area contributed by atoms with Crippen molar-refractivity contribution in [3.8, 4) is 17.4 Å². The molecule has 33 heavy (non-hydrogen) atoms. The maximum atomic E-state index is 12.7. The van der Waals surface area contributed by atoms with Crippen LogP contribution >= 0.6 is 0 Å². The van der Waals surface area contributed by atoms with E-state index in [0.29, 0.717) is 44.3 Å². The second kappa shape index (κ2) is 11.2. The van der Waals surface area contributed by atoms with Gasteiger partial charge in [-0.25, -0.2) is 4.98 Å². The Morgan fingerprint density at radius 2 is 1.88 bits per heavy atom. The molecule has 1 aromatic carbocycles. The van der Waals surface area contributed by atoms with Crippen LogP contribution in [0.2, 0.25) is 0 Å². The number of carbonyl (C=O) groups excluding carboxylic acids is 1. The van der Waals surface area contributed by atoms with E-state index in [1.165, 1.54) is 18.3 Å². The lowest BCUT2D eigenvalue weighted by molar-refractivity contribution is -0.154. The molecule has 0 radical (unpaired) electrons. The Balaban J connectivity index is 1.69. The van der Waals surface area contributed by atoms with Crippen molar-refractivity contribution >= 4 is 5.91 Å². The van der Waals surface area contributed by atoms with E-state index in [1.54, 1.807) is 14.2 Å². The number of amides is 1. The number of hydrogen-bond donors (Lipinski definition) is 1. The van der Waals surface area contributed by atoms with Gasteiger partial charge in [0.2, 0.25) is 5.88 Å². The molecule has 1 unspecified atom stereocenters. The van der Waals surface area contributed by atoms with Crippen LogP contribution in [0.5, 0.6) is 17.4 Å². The number of pyridine rings is 1. The first kappa shape index (κ1) is 24.6. The Morgan fingerprint density at radius 3 is 2.48 bits per heavy atom. The lowest BCUT2D eigenvalue weighted by Gasteiger charge is -2.35. The second-order valence-corrected chi connectivity index (χ2v) is 7.28. The third-order valence-corrected chi connectivity index (χ3v) is 5.12. The first-order valence-electron chi connectivity index (χ1n) is 10.3. The lowest BCUT2D eigenvalue weighted by Crippen LogP contribution is -2.43. The summed E-state index contributed by atoms with van der Waals surface area (Å²) in [7, 11) is 3.12. The van der Waals surface area contributed by atoms with E-state index in [9.17, 15) is 18.0 Å². The minimum atomic E-state index is -4.46.